The molecule has 0 saturated heterocycles. The Bertz CT molecular complexity index is 881. The van der Waals surface area contributed by atoms with Gasteiger partial charge in [-0.15, -0.1) is 0 Å². The maximum absolute atomic E-state index is 14.3. The zero-order chi connectivity index (χ0) is 19.6. The van der Waals surface area contributed by atoms with Gasteiger partial charge < -0.3 is 5.11 Å². The van der Waals surface area contributed by atoms with E-state index in [0.29, 0.717) is 5.56 Å². The Morgan fingerprint density at radius 1 is 1.30 bits per heavy atom. The molecule has 0 fully saturated rings. The van der Waals surface area contributed by atoms with E-state index in [0.717, 1.165) is 40.0 Å². The van der Waals surface area contributed by atoms with Gasteiger partial charge >= 0.3 is 6.03 Å². The fraction of sp³-hybridized carbons (Fsp3) is 0.222. The number of hydrogen-bond donors (Lipinski definition) is 1. The quantitative estimate of drug-likeness (QED) is 0.811. The van der Waals surface area contributed by atoms with Gasteiger partial charge in [-0.2, -0.15) is 10.1 Å². The van der Waals surface area contributed by atoms with Crippen molar-refractivity contribution in [2.45, 2.75) is 4.87 Å². The van der Waals surface area contributed by atoms with Crippen LogP contribution in [0.25, 0.3) is 0 Å². The average Bonchev–Trinajstić information content (AvgIpc) is 3.10. The van der Waals surface area contributed by atoms with Gasteiger partial charge in [0.15, 0.2) is 4.87 Å². The van der Waals surface area contributed by atoms with Gasteiger partial charge in [-0.3, -0.25) is 4.84 Å². The molecule has 0 aliphatic carbocycles. The molecule has 1 atom stereocenters. The van der Waals surface area contributed by atoms with E-state index in [1.54, 1.807) is 30.3 Å². The number of hydrogen-bond acceptors (Lipinski definition) is 5. The fourth-order valence-corrected chi connectivity index (χ4v) is 3.88. The zero-order valence-electron chi connectivity index (χ0n) is 14.6. The Morgan fingerprint density at radius 3 is 2.63 bits per heavy atom. The maximum Gasteiger partial charge on any atom is 0.365 e. The van der Waals surface area contributed by atoms with Gasteiger partial charge in [0.1, 0.15) is 16.7 Å². The lowest BCUT2D eigenvalue weighted by Gasteiger charge is -2.35. The highest BCUT2D eigenvalue weighted by Crippen LogP contribution is 2.47. The Morgan fingerprint density at radius 2 is 2.00 bits per heavy atom. The molecule has 142 valence electrons. The number of urea groups is 1. The molecule has 0 radical (unpaired) electrons. The first kappa shape index (κ1) is 19.3. The Labute approximate surface area is 159 Å². The zero-order valence-corrected chi connectivity index (χ0v) is 15.4. The Balaban J connectivity index is 2.14. The molecule has 1 aliphatic heterocycles. The van der Waals surface area contributed by atoms with E-state index >= 15 is 0 Å². The highest BCUT2D eigenvalue weighted by Gasteiger charge is 2.50. The minimum atomic E-state index is -1.35. The molecule has 1 aliphatic rings. The number of amides is 2. The first-order valence-electron chi connectivity index (χ1n) is 7.94. The second-order valence-corrected chi connectivity index (χ2v) is 6.98. The SMILES string of the molecule is CON(C)C(=O)N1N=C(c2cc(F)ccc2F)SC1(CO)c1ccccc1. The van der Waals surface area contributed by atoms with Crippen molar-refractivity contribution in [3.63, 3.8) is 0 Å². The van der Waals surface area contributed by atoms with Gasteiger partial charge in [0, 0.05) is 12.6 Å². The predicted molar refractivity (Wildman–Crippen MR) is 97.7 cm³/mol. The number of aliphatic hydroxyl groups excluding tert-OH is 1. The van der Waals surface area contributed by atoms with Crippen LogP contribution in [0.4, 0.5) is 13.6 Å². The van der Waals surface area contributed by atoms with Gasteiger partial charge in [-0.25, -0.2) is 18.6 Å². The molecule has 2 aromatic rings. The maximum atomic E-state index is 14.3. The second-order valence-electron chi connectivity index (χ2n) is 5.71. The lowest BCUT2D eigenvalue weighted by Crippen LogP contribution is -2.48. The van der Waals surface area contributed by atoms with Crippen LogP contribution in [0, 0.1) is 11.6 Å². The van der Waals surface area contributed by atoms with Crippen molar-refractivity contribution in [2.24, 2.45) is 5.10 Å². The highest BCUT2D eigenvalue weighted by molar-refractivity contribution is 8.15. The lowest BCUT2D eigenvalue weighted by molar-refractivity contribution is -0.0820. The van der Waals surface area contributed by atoms with E-state index in [1.807, 2.05) is 0 Å². The number of hydrazone groups is 1. The van der Waals surface area contributed by atoms with Crippen molar-refractivity contribution in [1.82, 2.24) is 10.1 Å². The number of rotatable bonds is 4. The van der Waals surface area contributed by atoms with Crippen LogP contribution in [0.2, 0.25) is 0 Å². The second kappa shape index (κ2) is 7.63. The standard InChI is InChI=1S/C18H17F2N3O3S/c1-22(26-2)17(25)23-18(11-24,12-6-4-3-5-7-12)27-16(21-23)14-10-13(19)8-9-15(14)20/h3-10,24H,11H2,1-2H3. The molecule has 27 heavy (non-hydrogen) atoms. The number of benzene rings is 2. The first-order chi connectivity index (χ1) is 12.9. The fourth-order valence-electron chi connectivity index (χ4n) is 2.64. The molecule has 0 aromatic heterocycles. The normalized spacial score (nSPS) is 19.1. The summed E-state index contributed by atoms with van der Waals surface area (Å²) in [5.74, 6) is -1.32. The summed E-state index contributed by atoms with van der Waals surface area (Å²) in [4.78, 5) is 16.4. The average molecular weight is 393 g/mol. The van der Waals surface area contributed by atoms with E-state index in [1.165, 1.54) is 14.2 Å². The van der Waals surface area contributed by atoms with E-state index in [4.69, 9.17) is 4.84 Å². The molecule has 2 amide bonds. The highest BCUT2D eigenvalue weighted by atomic mass is 32.2. The van der Waals surface area contributed by atoms with Gasteiger partial charge in [-0.05, 0) is 23.8 Å². The Kier molecular flexibility index (Phi) is 5.45. The summed E-state index contributed by atoms with van der Waals surface area (Å²) in [6.45, 7) is -0.505. The van der Waals surface area contributed by atoms with E-state index in [9.17, 15) is 18.7 Å². The third-order valence-corrected chi connectivity index (χ3v) is 5.49. The number of thioether (sulfide) groups is 1. The molecule has 2 aromatic carbocycles. The minimum Gasteiger partial charge on any atom is -0.393 e. The molecule has 1 heterocycles. The topological polar surface area (TPSA) is 65.4 Å². The first-order valence-corrected chi connectivity index (χ1v) is 8.76. The number of carbonyl (C=O) groups excluding carboxylic acids is 1. The summed E-state index contributed by atoms with van der Waals surface area (Å²) in [5.41, 5.74) is 0.482. The van der Waals surface area contributed by atoms with E-state index < -0.39 is 29.1 Å². The van der Waals surface area contributed by atoms with Crippen LogP contribution in [-0.2, 0) is 9.71 Å². The molecule has 0 spiro atoms. The largest absolute Gasteiger partial charge is 0.393 e. The van der Waals surface area contributed by atoms with Crippen molar-refractivity contribution < 1.29 is 23.5 Å². The summed E-state index contributed by atoms with van der Waals surface area (Å²) in [6.07, 6.45) is 0. The smallest absolute Gasteiger partial charge is 0.365 e. The molecular formula is C18H17F2N3O3S. The number of nitrogens with zero attached hydrogens (tertiary/aromatic N) is 3. The van der Waals surface area contributed by atoms with Crippen molar-refractivity contribution in [3.8, 4) is 0 Å². The lowest BCUT2D eigenvalue weighted by atomic mass is 10.1. The molecule has 3 rings (SSSR count). The van der Waals surface area contributed by atoms with Crippen molar-refractivity contribution in [1.29, 1.82) is 0 Å². The van der Waals surface area contributed by atoms with Gasteiger partial charge in [-0.1, -0.05) is 42.1 Å². The monoisotopic (exact) mass is 393 g/mol. The molecule has 1 N–H and O–H groups in total. The summed E-state index contributed by atoms with van der Waals surface area (Å²) < 4.78 is 27.9. The summed E-state index contributed by atoms with van der Waals surface area (Å²) in [7, 11) is 2.69. The van der Waals surface area contributed by atoms with E-state index in [2.05, 4.69) is 5.10 Å². The van der Waals surface area contributed by atoms with Crippen LogP contribution >= 0.6 is 11.8 Å². The van der Waals surface area contributed by atoms with E-state index in [-0.39, 0.29) is 10.6 Å². The molecule has 9 heteroatoms. The molecule has 0 bridgehead atoms. The van der Waals surface area contributed by atoms with Crippen LogP contribution in [0.1, 0.15) is 11.1 Å². The third-order valence-electron chi connectivity index (χ3n) is 4.12. The third kappa shape index (κ3) is 3.41. The molecule has 1 unspecified atom stereocenters. The van der Waals surface area contributed by atoms with Crippen LogP contribution in [0.5, 0.6) is 0 Å². The van der Waals surface area contributed by atoms with Crippen molar-refractivity contribution in [3.05, 3.63) is 71.3 Å². The van der Waals surface area contributed by atoms with Crippen LogP contribution < -0.4 is 0 Å². The number of carbonyl (C=O) groups is 1. The van der Waals surface area contributed by atoms with Crippen LogP contribution in [0.3, 0.4) is 0 Å². The molecule has 0 saturated carbocycles. The Hall–Kier alpha value is -2.49. The number of halogens is 2. The van der Waals surface area contributed by atoms with Crippen LogP contribution in [0.15, 0.2) is 53.6 Å². The molecular weight excluding hydrogens is 376 g/mol. The van der Waals surface area contributed by atoms with Crippen molar-refractivity contribution >= 4 is 22.8 Å². The summed E-state index contributed by atoms with van der Waals surface area (Å²) in [5, 5.41) is 16.5. The number of aliphatic hydroxyl groups is 1. The molecule has 6 nitrogen and oxygen atoms in total. The van der Waals surface area contributed by atoms with Crippen molar-refractivity contribution in [2.75, 3.05) is 20.8 Å². The van der Waals surface area contributed by atoms with Crippen LogP contribution in [-0.4, -0.2) is 47.0 Å². The summed E-state index contributed by atoms with van der Waals surface area (Å²) >= 11 is 0.968. The predicted octanol–water partition coefficient (Wildman–Crippen LogP) is 3.13. The minimum absolute atomic E-state index is 0.0720. The van der Waals surface area contributed by atoms with Gasteiger partial charge in [0.2, 0.25) is 0 Å². The van der Waals surface area contributed by atoms with Gasteiger partial charge in [0.25, 0.3) is 0 Å². The number of hydroxylamine groups is 2. The van der Waals surface area contributed by atoms with Gasteiger partial charge in [0.05, 0.1) is 13.7 Å². The summed E-state index contributed by atoms with van der Waals surface area (Å²) in [6, 6.07) is 11.0.